The number of nitrogens with one attached hydrogen (secondary N) is 1. The second-order valence-electron chi connectivity index (χ2n) is 6.02. The second kappa shape index (κ2) is 7.59. The van der Waals surface area contributed by atoms with Gasteiger partial charge in [-0.25, -0.2) is 0 Å². The van der Waals surface area contributed by atoms with Crippen molar-refractivity contribution < 1.29 is 22.7 Å². The molecule has 1 amide bonds. The zero-order valence-electron chi connectivity index (χ0n) is 14.2. The van der Waals surface area contributed by atoms with Gasteiger partial charge in [0.25, 0.3) is 5.91 Å². The summed E-state index contributed by atoms with van der Waals surface area (Å²) >= 11 is 0. The molecule has 134 valence electrons. The standard InChI is InChI=1S/C19H20F3NO2/c1-12(2)16-6-4-5-7-17(16)25-13(3)18(24)23-15-10-8-14(9-11-15)19(20,21)22/h4-13H,1-3H3,(H,23,24)/t13-/m0/s1. The normalized spacial score (nSPS) is 12.8. The highest BCUT2D eigenvalue weighted by molar-refractivity contribution is 5.94. The third-order valence-electron chi connectivity index (χ3n) is 3.69. The fraction of sp³-hybridized carbons (Fsp3) is 0.316. The molecule has 0 aliphatic rings. The van der Waals surface area contributed by atoms with E-state index in [0.717, 1.165) is 17.7 Å². The van der Waals surface area contributed by atoms with E-state index in [0.29, 0.717) is 5.75 Å². The fourth-order valence-electron chi connectivity index (χ4n) is 2.30. The molecule has 1 atom stereocenters. The van der Waals surface area contributed by atoms with Crippen LogP contribution in [0.3, 0.4) is 0 Å². The number of carbonyl (C=O) groups is 1. The summed E-state index contributed by atoms with van der Waals surface area (Å²) in [4.78, 5) is 12.2. The van der Waals surface area contributed by atoms with Gasteiger partial charge >= 0.3 is 6.18 Å². The van der Waals surface area contributed by atoms with E-state index in [1.54, 1.807) is 13.0 Å². The average molecular weight is 351 g/mol. The van der Waals surface area contributed by atoms with Crippen molar-refractivity contribution in [1.29, 1.82) is 0 Å². The first-order chi connectivity index (χ1) is 11.7. The molecule has 0 saturated carbocycles. The zero-order chi connectivity index (χ0) is 18.6. The van der Waals surface area contributed by atoms with E-state index >= 15 is 0 Å². The lowest BCUT2D eigenvalue weighted by molar-refractivity contribution is -0.137. The van der Waals surface area contributed by atoms with Crippen LogP contribution in [0.15, 0.2) is 48.5 Å². The van der Waals surface area contributed by atoms with Crippen molar-refractivity contribution >= 4 is 11.6 Å². The lowest BCUT2D eigenvalue weighted by atomic mass is 10.0. The first-order valence-electron chi connectivity index (χ1n) is 7.92. The maximum Gasteiger partial charge on any atom is 0.416 e. The summed E-state index contributed by atoms with van der Waals surface area (Å²) in [5.41, 5.74) is 0.503. The molecular formula is C19H20F3NO2. The summed E-state index contributed by atoms with van der Waals surface area (Å²) in [7, 11) is 0. The smallest absolute Gasteiger partial charge is 0.416 e. The average Bonchev–Trinajstić information content (AvgIpc) is 2.54. The molecule has 0 bridgehead atoms. The topological polar surface area (TPSA) is 38.3 Å². The van der Waals surface area contributed by atoms with Gasteiger partial charge in [-0.2, -0.15) is 13.2 Å². The predicted octanol–water partition coefficient (Wildman–Crippen LogP) is 5.23. The molecule has 0 heterocycles. The van der Waals surface area contributed by atoms with Gasteiger partial charge in [0, 0.05) is 5.69 Å². The molecule has 2 aromatic carbocycles. The highest BCUT2D eigenvalue weighted by atomic mass is 19.4. The van der Waals surface area contributed by atoms with Crippen molar-refractivity contribution in [3.63, 3.8) is 0 Å². The fourth-order valence-corrected chi connectivity index (χ4v) is 2.30. The molecule has 0 unspecified atom stereocenters. The summed E-state index contributed by atoms with van der Waals surface area (Å²) in [5, 5.41) is 2.56. The van der Waals surface area contributed by atoms with Gasteiger partial charge in [0.2, 0.25) is 0 Å². The number of rotatable bonds is 5. The van der Waals surface area contributed by atoms with E-state index in [-0.39, 0.29) is 11.6 Å². The molecule has 0 spiro atoms. The van der Waals surface area contributed by atoms with Crippen molar-refractivity contribution in [3.05, 3.63) is 59.7 Å². The van der Waals surface area contributed by atoms with E-state index in [4.69, 9.17) is 4.74 Å². The monoisotopic (exact) mass is 351 g/mol. The highest BCUT2D eigenvalue weighted by Gasteiger charge is 2.30. The summed E-state index contributed by atoms with van der Waals surface area (Å²) in [5.74, 6) is 0.423. The number of anilines is 1. The number of benzene rings is 2. The lowest BCUT2D eigenvalue weighted by Crippen LogP contribution is -2.30. The van der Waals surface area contributed by atoms with Crippen molar-refractivity contribution in [2.75, 3.05) is 5.32 Å². The molecule has 0 aliphatic heterocycles. The number of hydrogen-bond donors (Lipinski definition) is 1. The minimum atomic E-state index is -4.40. The van der Waals surface area contributed by atoms with Gasteiger partial charge in [0.15, 0.2) is 6.10 Å². The van der Waals surface area contributed by atoms with Crippen LogP contribution in [0.1, 0.15) is 37.8 Å². The van der Waals surface area contributed by atoms with Gasteiger partial charge in [-0.15, -0.1) is 0 Å². The summed E-state index contributed by atoms with van der Waals surface area (Å²) in [6, 6.07) is 11.7. The molecule has 1 N–H and O–H groups in total. The largest absolute Gasteiger partial charge is 0.481 e. The van der Waals surface area contributed by atoms with Crippen molar-refractivity contribution in [2.24, 2.45) is 0 Å². The van der Waals surface area contributed by atoms with Gasteiger partial charge in [0.05, 0.1) is 5.56 Å². The van der Waals surface area contributed by atoms with Crippen LogP contribution in [0.2, 0.25) is 0 Å². The van der Waals surface area contributed by atoms with Gasteiger partial charge < -0.3 is 10.1 Å². The van der Waals surface area contributed by atoms with E-state index < -0.39 is 23.8 Å². The Morgan fingerprint density at radius 1 is 1.00 bits per heavy atom. The van der Waals surface area contributed by atoms with E-state index in [1.807, 2.05) is 32.0 Å². The zero-order valence-corrected chi connectivity index (χ0v) is 14.2. The SMILES string of the molecule is CC(C)c1ccccc1O[C@@H](C)C(=O)Nc1ccc(C(F)(F)F)cc1. The molecule has 6 heteroatoms. The molecule has 0 radical (unpaired) electrons. The molecule has 0 saturated heterocycles. The maximum absolute atomic E-state index is 12.5. The Labute approximate surface area is 144 Å². The van der Waals surface area contributed by atoms with Crippen molar-refractivity contribution in [3.8, 4) is 5.75 Å². The Kier molecular flexibility index (Phi) is 5.72. The van der Waals surface area contributed by atoms with Gasteiger partial charge in [0.1, 0.15) is 5.75 Å². The van der Waals surface area contributed by atoms with E-state index in [2.05, 4.69) is 5.32 Å². The maximum atomic E-state index is 12.5. The van der Waals surface area contributed by atoms with Crippen LogP contribution in [0.25, 0.3) is 0 Å². The van der Waals surface area contributed by atoms with Crippen LogP contribution in [-0.4, -0.2) is 12.0 Å². The van der Waals surface area contributed by atoms with Crippen LogP contribution in [0.5, 0.6) is 5.75 Å². The van der Waals surface area contributed by atoms with Crippen LogP contribution in [0.4, 0.5) is 18.9 Å². The third kappa shape index (κ3) is 4.98. The quantitative estimate of drug-likeness (QED) is 0.800. The summed E-state index contributed by atoms with van der Waals surface area (Å²) < 4.78 is 43.4. The Hall–Kier alpha value is -2.50. The first kappa shape index (κ1) is 18.8. The number of ether oxygens (including phenoxy) is 1. The third-order valence-corrected chi connectivity index (χ3v) is 3.69. The van der Waals surface area contributed by atoms with E-state index in [1.165, 1.54) is 12.1 Å². The Bertz CT molecular complexity index is 724. The van der Waals surface area contributed by atoms with Crippen molar-refractivity contribution in [1.82, 2.24) is 0 Å². The minimum Gasteiger partial charge on any atom is -0.481 e. The molecule has 25 heavy (non-hydrogen) atoms. The Morgan fingerprint density at radius 3 is 2.16 bits per heavy atom. The van der Waals surface area contributed by atoms with Crippen LogP contribution in [-0.2, 0) is 11.0 Å². The Balaban J connectivity index is 2.04. The van der Waals surface area contributed by atoms with Crippen LogP contribution >= 0.6 is 0 Å². The van der Waals surface area contributed by atoms with Crippen LogP contribution < -0.4 is 10.1 Å². The molecular weight excluding hydrogens is 331 g/mol. The van der Waals surface area contributed by atoms with Gasteiger partial charge in [-0.05, 0) is 48.7 Å². The lowest BCUT2D eigenvalue weighted by Gasteiger charge is -2.18. The number of alkyl halides is 3. The Morgan fingerprint density at radius 2 is 1.60 bits per heavy atom. The number of carbonyl (C=O) groups excluding carboxylic acids is 1. The molecule has 0 aromatic heterocycles. The van der Waals surface area contributed by atoms with Gasteiger partial charge in [-0.3, -0.25) is 4.79 Å². The summed E-state index contributed by atoms with van der Waals surface area (Å²) in [6.07, 6.45) is -5.19. The molecule has 0 fully saturated rings. The van der Waals surface area contributed by atoms with Gasteiger partial charge in [-0.1, -0.05) is 32.0 Å². The minimum absolute atomic E-state index is 0.237. The van der Waals surface area contributed by atoms with E-state index in [9.17, 15) is 18.0 Å². The number of para-hydroxylation sites is 1. The summed E-state index contributed by atoms with van der Waals surface area (Å²) in [6.45, 7) is 5.64. The predicted molar refractivity (Wildman–Crippen MR) is 90.7 cm³/mol. The second-order valence-corrected chi connectivity index (χ2v) is 6.02. The molecule has 2 aromatic rings. The molecule has 3 nitrogen and oxygen atoms in total. The van der Waals surface area contributed by atoms with Crippen LogP contribution in [0, 0.1) is 0 Å². The molecule has 2 rings (SSSR count). The number of hydrogen-bond acceptors (Lipinski definition) is 2. The first-order valence-corrected chi connectivity index (χ1v) is 7.92. The highest BCUT2D eigenvalue weighted by Crippen LogP contribution is 2.30. The number of halogens is 3. The number of amides is 1. The van der Waals surface area contributed by atoms with Crippen molar-refractivity contribution in [2.45, 2.75) is 39.0 Å². The molecule has 0 aliphatic carbocycles.